The van der Waals surface area contributed by atoms with E-state index in [-0.39, 0.29) is 11.0 Å². The summed E-state index contributed by atoms with van der Waals surface area (Å²) in [6.07, 6.45) is -5.65. The van der Waals surface area contributed by atoms with Crippen molar-refractivity contribution in [3.05, 3.63) is 17.3 Å². The Morgan fingerprint density at radius 2 is 1.90 bits per heavy atom. The van der Waals surface area contributed by atoms with Gasteiger partial charge in [-0.25, -0.2) is 0 Å². The van der Waals surface area contributed by atoms with E-state index in [2.05, 4.69) is 20.7 Å². The van der Waals surface area contributed by atoms with Gasteiger partial charge in [0.25, 0.3) is 0 Å². The van der Waals surface area contributed by atoms with Crippen molar-refractivity contribution in [3.8, 4) is 0 Å². The molecule has 0 fully saturated rings. The summed E-state index contributed by atoms with van der Waals surface area (Å²) in [5.41, 5.74) is 2.41. The molecule has 6 N–H and O–H groups in total. The molecule has 0 saturated carbocycles. The number of hydrazone groups is 1. The standard InChI is InChI=1S/C10H15ClN4O5/c11-7-1-2-8(15-13-7)14-12-3-5(17)9(19)10(20)6(18)4-16/h1-3,5-6,9-10,16-20H,4H2,(H,14,15)/b12-3-/t5-,6-,9-,10-/m1/s1. The normalized spacial score (nSPS) is 17.7. The van der Waals surface area contributed by atoms with Crippen molar-refractivity contribution in [1.82, 2.24) is 10.2 Å². The van der Waals surface area contributed by atoms with Gasteiger partial charge in [0.05, 0.1) is 12.8 Å². The van der Waals surface area contributed by atoms with Gasteiger partial charge in [0.15, 0.2) is 11.0 Å². The minimum absolute atomic E-state index is 0.205. The molecule has 1 aromatic heterocycles. The fourth-order valence-corrected chi connectivity index (χ4v) is 1.28. The molecule has 0 aliphatic rings. The van der Waals surface area contributed by atoms with Gasteiger partial charge in [0, 0.05) is 0 Å². The molecule has 0 unspecified atom stereocenters. The minimum atomic E-state index is -1.71. The maximum absolute atomic E-state index is 9.51. The Morgan fingerprint density at radius 1 is 1.20 bits per heavy atom. The average Bonchev–Trinajstić information content (AvgIpc) is 2.46. The number of nitrogens with zero attached hydrogens (tertiary/aromatic N) is 3. The predicted octanol–water partition coefficient (Wildman–Crippen LogP) is -2.04. The zero-order valence-electron chi connectivity index (χ0n) is 10.2. The Kier molecular flexibility index (Phi) is 6.71. The van der Waals surface area contributed by atoms with Gasteiger partial charge in [-0.1, -0.05) is 11.6 Å². The van der Waals surface area contributed by atoms with E-state index in [1.54, 1.807) is 0 Å². The number of nitrogens with one attached hydrogen (secondary N) is 1. The molecule has 0 bridgehead atoms. The third-order valence-corrected chi connectivity index (χ3v) is 2.52. The van der Waals surface area contributed by atoms with Crippen molar-refractivity contribution >= 4 is 23.6 Å². The highest BCUT2D eigenvalue weighted by molar-refractivity contribution is 6.29. The fraction of sp³-hybridized carbons (Fsp3) is 0.500. The Morgan fingerprint density at radius 3 is 2.45 bits per heavy atom. The van der Waals surface area contributed by atoms with Gasteiger partial charge in [-0.05, 0) is 12.1 Å². The van der Waals surface area contributed by atoms with Crippen LogP contribution in [0.1, 0.15) is 0 Å². The zero-order chi connectivity index (χ0) is 15.1. The van der Waals surface area contributed by atoms with Gasteiger partial charge in [0.1, 0.15) is 24.4 Å². The molecule has 0 spiro atoms. The largest absolute Gasteiger partial charge is 0.394 e. The molecule has 112 valence electrons. The van der Waals surface area contributed by atoms with Gasteiger partial charge in [0.2, 0.25) is 0 Å². The van der Waals surface area contributed by atoms with E-state index in [1.807, 2.05) is 0 Å². The van der Waals surface area contributed by atoms with Crippen molar-refractivity contribution in [1.29, 1.82) is 0 Å². The highest BCUT2D eigenvalue weighted by Crippen LogP contribution is 2.06. The van der Waals surface area contributed by atoms with E-state index in [0.29, 0.717) is 0 Å². The van der Waals surface area contributed by atoms with Crippen LogP contribution >= 0.6 is 11.6 Å². The quantitative estimate of drug-likeness (QED) is 0.249. The highest BCUT2D eigenvalue weighted by Gasteiger charge is 2.29. The van der Waals surface area contributed by atoms with Crippen LogP contribution in [0.25, 0.3) is 0 Å². The van der Waals surface area contributed by atoms with Crippen LogP contribution in [0.4, 0.5) is 5.82 Å². The van der Waals surface area contributed by atoms with Gasteiger partial charge in [-0.15, -0.1) is 10.2 Å². The summed E-state index contributed by atoms with van der Waals surface area (Å²) in [6, 6.07) is 2.96. The summed E-state index contributed by atoms with van der Waals surface area (Å²) in [6.45, 7) is -0.749. The van der Waals surface area contributed by atoms with E-state index in [0.717, 1.165) is 6.21 Å². The Bertz CT molecular complexity index is 432. The Hall–Kier alpha value is -1.36. The van der Waals surface area contributed by atoms with Crippen LogP contribution in [0.2, 0.25) is 5.15 Å². The van der Waals surface area contributed by atoms with Gasteiger partial charge < -0.3 is 25.5 Å². The highest BCUT2D eigenvalue weighted by atomic mass is 35.5. The molecule has 0 aliphatic heterocycles. The second-order valence-corrected chi connectivity index (χ2v) is 4.24. The number of rotatable bonds is 7. The van der Waals surface area contributed by atoms with Crippen LogP contribution in [0.15, 0.2) is 17.2 Å². The maximum atomic E-state index is 9.51. The van der Waals surface area contributed by atoms with Crippen molar-refractivity contribution in [2.75, 3.05) is 12.0 Å². The summed E-state index contributed by atoms with van der Waals surface area (Å²) < 4.78 is 0. The van der Waals surface area contributed by atoms with E-state index >= 15 is 0 Å². The van der Waals surface area contributed by atoms with Crippen LogP contribution in [0, 0.1) is 0 Å². The monoisotopic (exact) mass is 306 g/mol. The van der Waals surface area contributed by atoms with Gasteiger partial charge >= 0.3 is 0 Å². The first-order chi connectivity index (χ1) is 9.45. The van der Waals surface area contributed by atoms with E-state index in [4.69, 9.17) is 21.8 Å². The van der Waals surface area contributed by atoms with Crippen molar-refractivity contribution in [2.24, 2.45) is 5.10 Å². The minimum Gasteiger partial charge on any atom is -0.394 e. The third kappa shape index (κ3) is 4.96. The summed E-state index contributed by atoms with van der Waals surface area (Å²) in [7, 11) is 0. The zero-order valence-corrected chi connectivity index (χ0v) is 11.0. The molecule has 20 heavy (non-hydrogen) atoms. The predicted molar refractivity (Wildman–Crippen MR) is 70.3 cm³/mol. The number of aromatic nitrogens is 2. The Labute approximate surface area is 119 Å². The first-order valence-electron chi connectivity index (χ1n) is 5.57. The molecule has 4 atom stereocenters. The summed E-state index contributed by atoms with van der Waals surface area (Å²) in [5.74, 6) is 0.253. The fourth-order valence-electron chi connectivity index (χ4n) is 1.18. The number of aliphatic hydroxyl groups excluding tert-OH is 5. The maximum Gasteiger partial charge on any atom is 0.168 e. The average molecular weight is 307 g/mol. The lowest BCUT2D eigenvalue weighted by molar-refractivity contribution is -0.0999. The van der Waals surface area contributed by atoms with Crippen molar-refractivity contribution in [3.63, 3.8) is 0 Å². The molecule has 1 heterocycles. The molecule has 0 saturated heterocycles. The van der Waals surface area contributed by atoms with Crippen molar-refractivity contribution in [2.45, 2.75) is 24.4 Å². The number of aliphatic hydroxyl groups is 5. The lowest BCUT2D eigenvalue weighted by Gasteiger charge is -2.23. The van der Waals surface area contributed by atoms with Crippen LogP contribution in [-0.2, 0) is 0 Å². The SMILES string of the molecule is OC[C@@H](O)[C@@H](O)[C@H](O)[C@H](O)/C=N\Nc1ccc(Cl)nn1. The summed E-state index contributed by atoms with van der Waals surface area (Å²) in [4.78, 5) is 0. The number of anilines is 1. The molecular weight excluding hydrogens is 292 g/mol. The molecule has 0 radical (unpaired) electrons. The van der Waals surface area contributed by atoms with Crippen LogP contribution in [-0.4, -0.2) is 73.0 Å². The molecule has 0 aliphatic carbocycles. The molecular formula is C10H15ClN4O5. The first-order valence-corrected chi connectivity index (χ1v) is 5.95. The first kappa shape index (κ1) is 16.7. The topological polar surface area (TPSA) is 151 Å². The van der Waals surface area contributed by atoms with E-state index in [1.165, 1.54) is 12.1 Å². The molecule has 1 rings (SSSR count). The molecule has 1 aromatic rings. The van der Waals surface area contributed by atoms with Gasteiger partial charge in [-0.3, -0.25) is 5.43 Å². The van der Waals surface area contributed by atoms with E-state index < -0.39 is 31.0 Å². The van der Waals surface area contributed by atoms with E-state index in [9.17, 15) is 15.3 Å². The van der Waals surface area contributed by atoms with Crippen LogP contribution < -0.4 is 5.43 Å². The molecule has 0 aromatic carbocycles. The number of hydrogen-bond acceptors (Lipinski definition) is 9. The lowest BCUT2D eigenvalue weighted by Crippen LogP contribution is -2.46. The summed E-state index contributed by atoms with van der Waals surface area (Å²) in [5, 5.41) is 57.0. The van der Waals surface area contributed by atoms with Crippen LogP contribution in [0.5, 0.6) is 0 Å². The third-order valence-electron chi connectivity index (χ3n) is 2.32. The Balaban J connectivity index is 2.50. The lowest BCUT2D eigenvalue weighted by atomic mass is 10.0. The molecule has 9 nitrogen and oxygen atoms in total. The summed E-state index contributed by atoms with van der Waals surface area (Å²) >= 11 is 5.53. The second-order valence-electron chi connectivity index (χ2n) is 3.85. The number of hydrogen-bond donors (Lipinski definition) is 6. The van der Waals surface area contributed by atoms with Gasteiger partial charge in [-0.2, -0.15) is 5.10 Å². The van der Waals surface area contributed by atoms with Crippen molar-refractivity contribution < 1.29 is 25.5 Å². The number of halogens is 1. The smallest absolute Gasteiger partial charge is 0.168 e. The van der Waals surface area contributed by atoms with Crippen LogP contribution in [0.3, 0.4) is 0 Å². The molecule has 10 heteroatoms. The molecule has 0 amide bonds. The second kappa shape index (κ2) is 8.04.